The second kappa shape index (κ2) is 6.09. The standard InChI is InChI=1S/C12H14N6O3/c1-8-4-10(18(20)21)2-3-11(8)17-7-9(15-16-17)6-14-12(19)5-13/h2-4,7H,5-6,13H2,1H3,(H,14,19). The van der Waals surface area contributed by atoms with E-state index in [0.717, 1.165) is 0 Å². The van der Waals surface area contributed by atoms with E-state index in [1.54, 1.807) is 19.2 Å². The molecule has 9 heteroatoms. The van der Waals surface area contributed by atoms with Crippen molar-refractivity contribution in [2.45, 2.75) is 13.5 Å². The summed E-state index contributed by atoms with van der Waals surface area (Å²) in [6.07, 6.45) is 1.64. The summed E-state index contributed by atoms with van der Waals surface area (Å²) in [6.45, 7) is 1.89. The second-order valence-electron chi connectivity index (χ2n) is 4.36. The largest absolute Gasteiger partial charge is 0.349 e. The average molecular weight is 290 g/mol. The SMILES string of the molecule is Cc1cc([N+](=O)[O-])ccc1-n1cc(CNC(=O)CN)nn1. The molecule has 0 unspecified atom stereocenters. The van der Waals surface area contributed by atoms with E-state index in [1.165, 1.54) is 16.8 Å². The maximum atomic E-state index is 11.1. The lowest BCUT2D eigenvalue weighted by Crippen LogP contribution is -2.29. The molecular formula is C12H14N6O3. The third kappa shape index (κ3) is 3.39. The molecule has 1 aromatic heterocycles. The van der Waals surface area contributed by atoms with Crippen LogP contribution < -0.4 is 11.1 Å². The Morgan fingerprint density at radius 2 is 2.29 bits per heavy atom. The van der Waals surface area contributed by atoms with Crippen molar-refractivity contribution in [1.82, 2.24) is 20.3 Å². The molecule has 110 valence electrons. The van der Waals surface area contributed by atoms with Crippen molar-refractivity contribution >= 4 is 11.6 Å². The molecule has 0 aliphatic carbocycles. The summed E-state index contributed by atoms with van der Waals surface area (Å²) in [5, 5.41) is 21.1. The Bertz CT molecular complexity index is 681. The molecule has 2 aromatic rings. The first kappa shape index (κ1) is 14.6. The Kier molecular flexibility index (Phi) is 4.24. The highest BCUT2D eigenvalue weighted by Gasteiger charge is 2.11. The number of nitrogens with two attached hydrogens (primary N) is 1. The fourth-order valence-electron chi connectivity index (χ4n) is 1.77. The molecule has 1 aromatic carbocycles. The molecule has 21 heavy (non-hydrogen) atoms. The molecule has 0 radical (unpaired) electrons. The minimum atomic E-state index is -0.452. The maximum absolute atomic E-state index is 11.1. The molecule has 0 aliphatic heterocycles. The Morgan fingerprint density at radius 1 is 1.52 bits per heavy atom. The predicted molar refractivity (Wildman–Crippen MR) is 73.7 cm³/mol. The number of non-ortho nitro benzene ring substituents is 1. The Labute approximate surface area is 119 Å². The minimum Gasteiger partial charge on any atom is -0.349 e. The number of hydrogen-bond acceptors (Lipinski definition) is 6. The van der Waals surface area contributed by atoms with Crippen molar-refractivity contribution in [2.75, 3.05) is 6.54 Å². The number of benzene rings is 1. The zero-order chi connectivity index (χ0) is 15.4. The van der Waals surface area contributed by atoms with Crippen LogP contribution in [0.5, 0.6) is 0 Å². The highest BCUT2D eigenvalue weighted by molar-refractivity contribution is 5.77. The molecule has 3 N–H and O–H groups in total. The molecule has 0 fully saturated rings. The van der Waals surface area contributed by atoms with Crippen LogP contribution in [0.4, 0.5) is 5.69 Å². The summed E-state index contributed by atoms with van der Waals surface area (Å²) >= 11 is 0. The molecule has 2 rings (SSSR count). The molecule has 1 amide bonds. The van der Waals surface area contributed by atoms with Crippen LogP contribution in [0.3, 0.4) is 0 Å². The van der Waals surface area contributed by atoms with Crippen LogP contribution in [0, 0.1) is 17.0 Å². The first-order chi connectivity index (χ1) is 10.0. The number of nitrogens with one attached hydrogen (secondary N) is 1. The lowest BCUT2D eigenvalue weighted by Gasteiger charge is -2.04. The number of aromatic nitrogens is 3. The van der Waals surface area contributed by atoms with Gasteiger partial charge in [-0.1, -0.05) is 5.21 Å². The van der Waals surface area contributed by atoms with E-state index in [0.29, 0.717) is 16.9 Å². The van der Waals surface area contributed by atoms with E-state index in [1.807, 2.05) is 0 Å². The van der Waals surface area contributed by atoms with Gasteiger partial charge in [-0.25, -0.2) is 4.68 Å². The monoisotopic (exact) mass is 290 g/mol. The highest BCUT2D eigenvalue weighted by Crippen LogP contribution is 2.19. The molecule has 0 bridgehead atoms. The fraction of sp³-hybridized carbons (Fsp3) is 0.250. The summed E-state index contributed by atoms with van der Waals surface area (Å²) in [5.74, 6) is -0.281. The second-order valence-corrected chi connectivity index (χ2v) is 4.36. The topological polar surface area (TPSA) is 129 Å². The molecular weight excluding hydrogens is 276 g/mol. The smallest absolute Gasteiger partial charge is 0.269 e. The van der Waals surface area contributed by atoms with Crippen molar-refractivity contribution in [3.63, 3.8) is 0 Å². The number of hydrogen-bond donors (Lipinski definition) is 2. The van der Waals surface area contributed by atoms with Gasteiger partial charge in [0.25, 0.3) is 5.69 Å². The fourth-order valence-corrected chi connectivity index (χ4v) is 1.77. The number of nitro groups is 1. The van der Waals surface area contributed by atoms with Crippen LogP contribution in [0.2, 0.25) is 0 Å². The van der Waals surface area contributed by atoms with Gasteiger partial charge in [0.2, 0.25) is 5.91 Å². The van der Waals surface area contributed by atoms with Gasteiger partial charge in [-0.3, -0.25) is 14.9 Å². The lowest BCUT2D eigenvalue weighted by molar-refractivity contribution is -0.384. The normalized spacial score (nSPS) is 10.4. The van der Waals surface area contributed by atoms with Crippen LogP contribution in [0.1, 0.15) is 11.3 Å². The Balaban J connectivity index is 2.17. The zero-order valence-corrected chi connectivity index (χ0v) is 11.3. The molecule has 0 spiro atoms. The number of nitro benzene ring substituents is 1. The summed E-state index contributed by atoms with van der Waals surface area (Å²) in [7, 11) is 0. The van der Waals surface area contributed by atoms with Crippen molar-refractivity contribution in [3.05, 3.63) is 45.8 Å². The van der Waals surface area contributed by atoms with Gasteiger partial charge >= 0.3 is 0 Å². The van der Waals surface area contributed by atoms with Crippen LogP contribution in [-0.2, 0) is 11.3 Å². The molecule has 0 saturated carbocycles. The molecule has 0 aliphatic rings. The number of amides is 1. The van der Waals surface area contributed by atoms with E-state index in [2.05, 4.69) is 15.6 Å². The quantitative estimate of drug-likeness (QED) is 0.591. The number of aryl methyl sites for hydroxylation is 1. The summed E-state index contributed by atoms with van der Waals surface area (Å²) in [6, 6.07) is 4.47. The number of nitrogens with zero attached hydrogens (tertiary/aromatic N) is 4. The van der Waals surface area contributed by atoms with Crippen LogP contribution in [0.15, 0.2) is 24.4 Å². The van der Waals surface area contributed by atoms with Gasteiger partial charge in [-0.15, -0.1) is 5.10 Å². The van der Waals surface area contributed by atoms with Crippen molar-refractivity contribution in [2.24, 2.45) is 5.73 Å². The average Bonchev–Trinajstić information content (AvgIpc) is 2.93. The van der Waals surface area contributed by atoms with Crippen molar-refractivity contribution in [1.29, 1.82) is 0 Å². The number of rotatable bonds is 5. The van der Waals surface area contributed by atoms with Gasteiger partial charge in [0.1, 0.15) is 5.69 Å². The van der Waals surface area contributed by atoms with Gasteiger partial charge in [0.05, 0.1) is 29.9 Å². The molecule has 1 heterocycles. The first-order valence-electron chi connectivity index (χ1n) is 6.14. The third-order valence-corrected chi connectivity index (χ3v) is 2.83. The molecule has 0 atom stereocenters. The van der Waals surface area contributed by atoms with E-state index < -0.39 is 4.92 Å². The van der Waals surface area contributed by atoms with E-state index in [-0.39, 0.29) is 24.7 Å². The lowest BCUT2D eigenvalue weighted by atomic mass is 10.2. The van der Waals surface area contributed by atoms with Gasteiger partial charge in [-0.05, 0) is 18.6 Å². The summed E-state index contributed by atoms with van der Waals surface area (Å²) in [4.78, 5) is 21.3. The van der Waals surface area contributed by atoms with Crippen LogP contribution in [0.25, 0.3) is 5.69 Å². The Hall–Kier alpha value is -2.81. The summed E-state index contributed by atoms with van der Waals surface area (Å²) < 4.78 is 1.50. The third-order valence-electron chi connectivity index (χ3n) is 2.83. The Morgan fingerprint density at radius 3 is 2.90 bits per heavy atom. The molecule has 9 nitrogen and oxygen atoms in total. The highest BCUT2D eigenvalue weighted by atomic mass is 16.6. The van der Waals surface area contributed by atoms with E-state index in [4.69, 9.17) is 5.73 Å². The van der Waals surface area contributed by atoms with Gasteiger partial charge in [-0.2, -0.15) is 0 Å². The van der Waals surface area contributed by atoms with Crippen molar-refractivity contribution < 1.29 is 9.72 Å². The molecule has 0 saturated heterocycles. The summed E-state index contributed by atoms with van der Waals surface area (Å²) in [5.41, 5.74) is 7.15. The van der Waals surface area contributed by atoms with Gasteiger partial charge in [0.15, 0.2) is 0 Å². The zero-order valence-electron chi connectivity index (χ0n) is 11.3. The van der Waals surface area contributed by atoms with Crippen LogP contribution >= 0.6 is 0 Å². The first-order valence-corrected chi connectivity index (χ1v) is 6.14. The number of carbonyl (C=O) groups excluding carboxylic acids is 1. The maximum Gasteiger partial charge on any atom is 0.269 e. The van der Waals surface area contributed by atoms with E-state index in [9.17, 15) is 14.9 Å². The van der Waals surface area contributed by atoms with Gasteiger partial charge < -0.3 is 11.1 Å². The van der Waals surface area contributed by atoms with Crippen LogP contribution in [-0.4, -0.2) is 32.4 Å². The predicted octanol–water partition coefficient (Wildman–Crippen LogP) is 0.0588. The minimum absolute atomic E-state index is 0.0202. The van der Waals surface area contributed by atoms with Gasteiger partial charge in [0, 0.05) is 12.1 Å². The number of carbonyl (C=O) groups is 1. The van der Waals surface area contributed by atoms with Crippen molar-refractivity contribution in [3.8, 4) is 5.69 Å². The van der Waals surface area contributed by atoms with E-state index >= 15 is 0 Å².